The summed E-state index contributed by atoms with van der Waals surface area (Å²) in [6.45, 7) is 1.49. The molecule has 0 amide bonds. The highest BCUT2D eigenvalue weighted by atomic mass is 35.5. The number of ether oxygens (including phenoxy) is 3. The Morgan fingerprint density at radius 2 is 1.69 bits per heavy atom. The summed E-state index contributed by atoms with van der Waals surface area (Å²) in [5.41, 5.74) is 0.468. The molecule has 1 aliphatic rings. The zero-order valence-corrected chi connectivity index (χ0v) is 22.4. The van der Waals surface area contributed by atoms with Crippen LogP contribution in [0.3, 0.4) is 0 Å². The smallest absolute Gasteiger partial charge is 0.243 e. The number of halogens is 2. The van der Waals surface area contributed by atoms with Gasteiger partial charge < -0.3 is 14.2 Å². The standard InChI is InChI=1S/C22H26Cl2N6O5S/c1-12(19(35-4)20-25-10-15(24)11-26-20)36(31,32)29-22-28-27-21(13-8-14(23)9-13)30(22)18-16(33-2)6-5-7-17(18)34-3/h5-7,10-14,19H,8-9H2,1-4H3,(H,28,29)/t12-,13-,14-,19-/m0/s1. The van der Waals surface area contributed by atoms with E-state index in [-0.39, 0.29) is 23.1 Å². The number of para-hydroxylation sites is 1. The Labute approximate surface area is 219 Å². The molecule has 36 heavy (non-hydrogen) atoms. The van der Waals surface area contributed by atoms with Gasteiger partial charge in [-0.05, 0) is 31.9 Å². The molecule has 2 atom stereocenters. The Bertz CT molecular complexity index is 1290. The number of nitrogens with one attached hydrogen (secondary N) is 1. The van der Waals surface area contributed by atoms with E-state index in [2.05, 4.69) is 24.9 Å². The second kappa shape index (κ2) is 10.8. The third-order valence-corrected chi connectivity index (χ3v) is 8.30. The summed E-state index contributed by atoms with van der Waals surface area (Å²) >= 11 is 12.1. The molecule has 0 unspecified atom stereocenters. The van der Waals surface area contributed by atoms with Crippen LogP contribution in [0.25, 0.3) is 5.69 Å². The average molecular weight is 557 g/mol. The van der Waals surface area contributed by atoms with Crippen LogP contribution in [0.4, 0.5) is 5.95 Å². The van der Waals surface area contributed by atoms with Crippen molar-refractivity contribution < 1.29 is 22.6 Å². The maximum absolute atomic E-state index is 13.5. The normalized spacial score (nSPS) is 19.3. The topological polar surface area (TPSA) is 130 Å². The Hall–Kier alpha value is -2.67. The summed E-state index contributed by atoms with van der Waals surface area (Å²) in [6.07, 6.45) is 3.14. The van der Waals surface area contributed by atoms with E-state index in [0.717, 1.165) is 0 Å². The first kappa shape index (κ1) is 26.4. The fraction of sp³-hybridized carbons (Fsp3) is 0.455. The SMILES string of the molecule is COc1cccc(OC)c1-n1c(NS(=O)(=O)[C@@H](C)[C@H](OC)c2ncc(Cl)cn2)nnc1[C@H]1C[C@H](Cl)C1. The fourth-order valence-electron chi connectivity index (χ4n) is 4.02. The lowest BCUT2D eigenvalue weighted by atomic mass is 9.84. The molecule has 1 N–H and O–H groups in total. The van der Waals surface area contributed by atoms with Gasteiger partial charge in [-0.25, -0.2) is 18.4 Å². The number of hydrogen-bond acceptors (Lipinski definition) is 9. The van der Waals surface area contributed by atoms with Crippen LogP contribution < -0.4 is 14.2 Å². The lowest BCUT2D eigenvalue weighted by Crippen LogP contribution is -2.33. The van der Waals surface area contributed by atoms with E-state index in [0.29, 0.717) is 40.9 Å². The molecule has 14 heteroatoms. The molecule has 1 saturated carbocycles. The minimum Gasteiger partial charge on any atom is -0.494 e. The Morgan fingerprint density at radius 1 is 1.08 bits per heavy atom. The van der Waals surface area contributed by atoms with Gasteiger partial charge in [0.25, 0.3) is 0 Å². The molecule has 0 spiro atoms. The maximum atomic E-state index is 13.5. The largest absolute Gasteiger partial charge is 0.494 e. The van der Waals surface area contributed by atoms with E-state index in [4.69, 9.17) is 37.4 Å². The second-order valence-electron chi connectivity index (χ2n) is 8.26. The van der Waals surface area contributed by atoms with Crippen LogP contribution in [-0.2, 0) is 14.8 Å². The molecule has 2 aromatic heterocycles. The average Bonchev–Trinajstić information content (AvgIpc) is 3.24. The number of benzene rings is 1. The number of rotatable bonds is 10. The summed E-state index contributed by atoms with van der Waals surface area (Å²) in [6, 6.07) is 5.25. The Balaban J connectivity index is 1.76. The van der Waals surface area contributed by atoms with E-state index in [1.165, 1.54) is 40.6 Å². The van der Waals surface area contributed by atoms with Crippen LogP contribution in [0.5, 0.6) is 11.5 Å². The molecule has 0 saturated heterocycles. The second-order valence-corrected chi connectivity index (χ2v) is 11.4. The minimum absolute atomic E-state index is 0.0144. The number of methoxy groups -OCH3 is 3. The van der Waals surface area contributed by atoms with Gasteiger partial charge in [-0.15, -0.1) is 21.8 Å². The number of anilines is 1. The van der Waals surface area contributed by atoms with Crippen LogP contribution in [0.1, 0.15) is 43.4 Å². The zero-order chi connectivity index (χ0) is 26.0. The van der Waals surface area contributed by atoms with Crippen LogP contribution in [0, 0.1) is 0 Å². The van der Waals surface area contributed by atoms with Gasteiger partial charge in [-0.2, -0.15) is 0 Å². The number of aromatic nitrogens is 5. The van der Waals surface area contributed by atoms with Crippen molar-refractivity contribution in [1.29, 1.82) is 0 Å². The van der Waals surface area contributed by atoms with Crippen molar-refractivity contribution in [2.24, 2.45) is 0 Å². The Kier molecular flexibility index (Phi) is 7.88. The van der Waals surface area contributed by atoms with Gasteiger partial charge in [0.05, 0.1) is 19.2 Å². The molecule has 0 radical (unpaired) electrons. The highest BCUT2D eigenvalue weighted by Crippen LogP contribution is 2.43. The van der Waals surface area contributed by atoms with Crippen LogP contribution >= 0.6 is 23.2 Å². The third-order valence-electron chi connectivity index (χ3n) is 6.06. The van der Waals surface area contributed by atoms with Crippen molar-refractivity contribution in [2.75, 3.05) is 26.1 Å². The van der Waals surface area contributed by atoms with Gasteiger partial charge in [-0.3, -0.25) is 9.29 Å². The summed E-state index contributed by atoms with van der Waals surface area (Å²) in [7, 11) is 0.331. The summed E-state index contributed by atoms with van der Waals surface area (Å²) < 4.78 is 47.8. The molecule has 2 heterocycles. The molecule has 1 aromatic carbocycles. The summed E-state index contributed by atoms with van der Waals surface area (Å²) in [4.78, 5) is 8.23. The van der Waals surface area contributed by atoms with Gasteiger partial charge in [0.15, 0.2) is 5.82 Å². The predicted octanol–water partition coefficient (Wildman–Crippen LogP) is 3.73. The number of hydrogen-bond donors (Lipinski definition) is 1. The summed E-state index contributed by atoms with van der Waals surface area (Å²) in [5, 5.41) is 7.74. The van der Waals surface area contributed by atoms with E-state index in [1.54, 1.807) is 22.8 Å². The van der Waals surface area contributed by atoms with Gasteiger partial charge >= 0.3 is 0 Å². The quantitative estimate of drug-likeness (QED) is 0.371. The highest BCUT2D eigenvalue weighted by Gasteiger charge is 2.38. The van der Waals surface area contributed by atoms with Crippen LogP contribution in [0.2, 0.25) is 5.02 Å². The van der Waals surface area contributed by atoms with Gasteiger partial charge in [-0.1, -0.05) is 17.7 Å². The predicted molar refractivity (Wildman–Crippen MR) is 135 cm³/mol. The van der Waals surface area contributed by atoms with Crippen molar-refractivity contribution >= 4 is 39.2 Å². The first-order valence-electron chi connectivity index (χ1n) is 11.0. The molecule has 3 aromatic rings. The number of nitrogens with zero attached hydrogens (tertiary/aromatic N) is 5. The minimum atomic E-state index is -4.08. The van der Waals surface area contributed by atoms with Gasteiger partial charge in [0.2, 0.25) is 16.0 Å². The van der Waals surface area contributed by atoms with Crippen molar-refractivity contribution in [2.45, 2.75) is 42.4 Å². The molecule has 11 nitrogen and oxygen atoms in total. The van der Waals surface area contributed by atoms with Crippen LogP contribution in [-0.4, -0.2) is 65.1 Å². The molecule has 1 aliphatic carbocycles. The van der Waals surface area contributed by atoms with Crippen molar-refractivity contribution in [1.82, 2.24) is 24.7 Å². The maximum Gasteiger partial charge on any atom is 0.243 e. The molecule has 194 valence electrons. The fourth-order valence-corrected chi connectivity index (χ4v) is 5.68. The first-order valence-corrected chi connectivity index (χ1v) is 13.4. The van der Waals surface area contributed by atoms with Crippen LogP contribution in [0.15, 0.2) is 30.6 Å². The van der Waals surface area contributed by atoms with E-state index < -0.39 is 21.4 Å². The van der Waals surface area contributed by atoms with Crippen molar-refractivity contribution in [3.8, 4) is 17.2 Å². The monoisotopic (exact) mass is 556 g/mol. The zero-order valence-electron chi connectivity index (χ0n) is 20.1. The van der Waals surface area contributed by atoms with Gasteiger partial charge in [0, 0.05) is 30.8 Å². The van der Waals surface area contributed by atoms with E-state index in [9.17, 15) is 8.42 Å². The van der Waals surface area contributed by atoms with E-state index in [1.807, 2.05) is 0 Å². The molecular formula is C22H26Cl2N6O5S. The lowest BCUT2D eigenvalue weighted by molar-refractivity contribution is 0.0950. The van der Waals surface area contributed by atoms with Gasteiger partial charge in [0.1, 0.15) is 34.4 Å². The Morgan fingerprint density at radius 3 is 2.22 bits per heavy atom. The molecule has 1 fully saturated rings. The number of alkyl halides is 1. The summed E-state index contributed by atoms with van der Waals surface area (Å²) in [5.74, 6) is 1.59. The van der Waals surface area contributed by atoms with Crippen molar-refractivity contribution in [3.63, 3.8) is 0 Å². The molecule has 0 bridgehead atoms. The molecule has 4 rings (SSSR count). The molecule has 0 aliphatic heterocycles. The molecular weight excluding hydrogens is 531 g/mol. The highest BCUT2D eigenvalue weighted by molar-refractivity contribution is 7.93. The number of sulfonamides is 1. The lowest BCUT2D eigenvalue weighted by Gasteiger charge is -2.31. The van der Waals surface area contributed by atoms with Crippen molar-refractivity contribution in [3.05, 3.63) is 47.3 Å². The first-order chi connectivity index (χ1) is 17.2. The third kappa shape index (κ3) is 5.08. The van der Waals surface area contributed by atoms with E-state index >= 15 is 0 Å².